The Hall–Kier alpha value is -3.17. The Labute approximate surface area is 162 Å². The summed E-state index contributed by atoms with van der Waals surface area (Å²) in [6, 6.07) is 8.92. The zero-order valence-electron chi connectivity index (χ0n) is 13.3. The van der Waals surface area contributed by atoms with Crippen molar-refractivity contribution in [3.63, 3.8) is 0 Å². The molecule has 0 atom stereocenters. The Bertz CT molecular complexity index is 1020. The number of nitro benzene ring substituents is 1. The number of hydrogen-bond acceptors (Lipinski definition) is 5. The van der Waals surface area contributed by atoms with Crippen LogP contribution >= 0.6 is 23.8 Å². The number of anilines is 1. The maximum atomic E-state index is 14.0. The van der Waals surface area contributed by atoms with Gasteiger partial charge in [0.25, 0.3) is 17.5 Å². The Morgan fingerprint density at radius 2 is 1.85 bits per heavy atom. The SMILES string of the molecule is O=C1NC(=S)N(c2ccc(Cl)cc2)C(=O)C1=Cc1cc([N+](=O)[O-])ccc1F. The van der Waals surface area contributed by atoms with Crippen LogP contribution < -0.4 is 10.2 Å². The molecule has 0 bridgehead atoms. The topological polar surface area (TPSA) is 92.6 Å². The summed E-state index contributed by atoms with van der Waals surface area (Å²) in [5, 5.41) is 13.5. The van der Waals surface area contributed by atoms with E-state index in [2.05, 4.69) is 5.32 Å². The molecule has 136 valence electrons. The first-order valence-corrected chi connectivity index (χ1v) is 8.17. The predicted octanol–water partition coefficient (Wildman–Crippen LogP) is 3.22. The summed E-state index contributed by atoms with van der Waals surface area (Å²) in [6.07, 6.45) is 0.949. The summed E-state index contributed by atoms with van der Waals surface area (Å²) >= 11 is 10.9. The van der Waals surface area contributed by atoms with E-state index >= 15 is 0 Å². The molecule has 7 nitrogen and oxygen atoms in total. The number of nitrogens with one attached hydrogen (secondary N) is 1. The summed E-state index contributed by atoms with van der Waals surface area (Å²) in [5.41, 5.74) is -0.721. The lowest BCUT2D eigenvalue weighted by atomic mass is 10.1. The molecular formula is C17H9ClFN3O4S. The maximum absolute atomic E-state index is 14.0. The van der Waals surface area contributed by atoms with E-state index in [0.29, 0.717) is 10.7 Å². The minimum atomic E-state index is -0.832. The van der Waals surface area contributed by atoms with Crippen molar-refractivity contribution >= 4 is 58.2 Å². The number of carbonyl (C=O) groups excluding carboxylic acids is 2. The Morgan fingerprint density at radius 1 is 1.19 bits per heavy atom. The van der Waals surface area contributed by atoms with Gasteiger partial charge in [-0.2, -0.15) is 0 Å². The Kier molecular flexibility index (Phi) is 4.98. The summed E-state index contributed by atoms with van der Waals surface area (Å²) in [4.78, 5) is 36.2. The van der Waals surface area contributed by atoms with Crippen molar-refractivity contribution in [2.75, 3.05) is 4.90 Å². The van der Waals surface area contributed by atoms with Gasteiger partial charge in [0.1, 0.15) is 11.4 Å². The molecule has 0 aliphatic carbocycles. The first-order valence-electron chi connectivity index (χ1n) is 7.39. The van der Waals surface area contributed by atoms with Gasteiger partial charge >= 0.3 is 0 Å². The van der Waals surface area contributed by atoms with Crippen LogP contribution in [-0.2, 0) is 9.59 Å². The number of nitrogens with zero attached hydrogens (tertiary/aromatic N) is 2. The molecule has 1 heterocycles. The van der Waals surface area contributed by atoms with Crippen LogP contribution in [0.5, 0.6) is 0 Å². The molecule has 2 aromatic carbocycles. The van der Waals surface area contributed by atoms with Gasteiger partial charge < -0.3 is 0 Å². The average molecular weight is 406 g/mol. The van der Waals surface area contributed by atoms with Crippen LogP contribution in [0.15, 0.2) is 48.0 Å². The highest BCUT2D eigenvalue weighted by atomic mass is 35.5. The van der Waals surface area contributed by atoms with Crippen molar-refractivity contribution < 1.29 is 18.9 Å². The van der Waals surface area contributed by atoms with Gasteiger partial charge in [0.15, 0.2) is 5.11 Å². The van der Waals surface area contributed by atoms with Gasteiger partial charge in [0, 0.05) is 22.7 Å². The molecule has 3 rings (SSSR count). The lowest BCUT2D eigenvalue weighted by molar-refractivity contribution is -0.384. The fourth-order valence-electron chi connectivity index (χ4n) is 2.39. The number of rotatable bonds is 3. The summed E-state index contributed by atoms with van der Waals surface area (Å²) < 4.78 is 14.0. The molecule has 1 saturated heterocycles. The van der Waals surface area contributed by atoms with Crippen molar-refractivity contribution in [2.45, 2.75) is 0 Å². The molecule has 0 spiro atoms. The van der Waals surface area contributed by atoms with E-state index in [0.717, 1.165) is 29.2 Å². The number of benzene rings is 2. The van der Waals surface area contributed by atoms with Crippen LogP contribution in [0, 0.1) is 15.9 Å². The third-order valence-corrected chi connectivity index (χ3v) is 4.21. The number of thiocarbonyl (C=S) groups is 1. The van der Waals surface area contributed by atoms with Gasteiger partial charge in [-0.25, -0.2) is 4.39 Å². The minimum Gasteiger partial charge on any atom is -0.298 e. The maximum Gasteiger partial charge on any atom is 0.270 e. The van der Waals surface area contributed by atoms with Crippen LogP contribution in [0.3, 0.4) is 0 Å². The number of amides is 2. The van der Waals surface area contributed by atoms with Crippen molar-refractivity contribution in [2.24, 2.45) is 0 Å². The highest BCUT2D eigenvalue weighted by molar-refractivity contribution is 7.80. The standard InChI is InChI=1S/C17H9ClFN3O4S/c18-10-1-3-11(4-2-10)21-16(24)13(15(23)20-17(21)27)8-9-7-12(22(25)26)5-6-14(9)19/h1-8H,(H,20,23,27). The number of hydrogen-bond donors (Lipinski definition) is 1. The van der Waals surface area contributed by atoms with Crippen LogP contribution in [0.1, 0.15) is 5.56 Å². The molecule has 10 heteroatoms. The van der Waals surface area contributed by atoms with E-state index in [1.54, 1.807) is 0 Å². The lowest BCUT2D eigenvalue weighted by Gasteiger charge is -2.28. The second-order valence-electron chi connectivity index (χ2n) is 5.40. The van der Waals surface area contributed by atoms with Gasteiger partial charge in [-0.15, -0.1) is 0 Å². The largest absolute Gasteiger partial charge is 0.298 e. The van der Waals surface area contributed by atoms with Gasteiger partial charge in [0.2, 0.25) is 0 Å². The molecule has 0 aromatic heterocycles. The molecular weight excluding hydrogens is 397 g/mol. The van der Waals surface area contributed by atoms with E-state index < -0.39 is 28.1 Å². The third-order valence-electron chi connectivity index (χ3n) is 3.68. The third kappa shape index (κ3) is 3.69. The van der Waals surface area contributed by atoms with E-state index in [1.165, 1.54) is 24.3 Å². The molecule has 1 N–H and O–H groups in total. The van der Waals surface area contributed by atoms with Crippen molar-refractivity contribution in [3.8, 4) is 0 Å². The Morgan fingerprint density at radius 3 is 2.48 bits per heavy atom. The predicted molar refractivity (Wildman–Crippen MR) is 101 cm³/mol. The van der Waals surface area contributed by atoms with Crippen LogP contribution in [0.25, 0.3) is 6.08 Å². The van der Waals surface area contributed by atoms with Crippen molar-refractivity contribution in [3.05, 3.63) is 74.6 Å². The highest BCUT2D eigenvalue weighted by Gasteiger charge is 2.34. The second kappa shape index (κ2) is 7.22. The molecule has 0 unspecified atom stereocenters. The zero-order valence-corrected chi connectivity index (χ0v) is 14.9. The number of nitro groups is 1. The van der Waals surface area contributed by atoms with Crippen molar-refractivity contribution in [1.82, 2.24) is 5.32 Å². The van der Waals surface area contributed by atoms with Gasteiger partial charge in [-0.1, -0.05) is 11.6 Å². The van der Waals surface area contributed by atoms with Crippen LogP contribution in [0.2, 0.25) is 5.02 Å². The van der Waals surface area contributed by atoms with E-state index in [1.807, 2.05) is 0 Å². The molecule has 27 heavy (non-hydrogen) atoms. The molecule has 0 radical (unpaired) electrons. The number of non-ortho nitro benzene ring substituents is 1. The zero-order chi connectivity index (χ0) is 19.7. The first kappa shape index (κ1) is 18.6. The first-order chi connectivity index (χ1) is 12.8. The van der Waals surface area contributed by atoms with E-state index in [9.17, 15) is 24.1 Å². The fraction of sp³-hybridized carbons (Fsp3) is 0. The second-order valence-corrected chi connectivity index (χ2v) is 6.22. The number of carbonyl (C=O) groups is 2. The van der Waals surface area contributed by atoms with Crippen molar-refractivity contribution in [1.29, 1.82) is 0 Å². The molecule has 1 aliphatic heterocycles. The summed E-state index contributed by atoms with van der Waals surface area (Å²) in [7, 11) is 0. The smallest absolute Gasteiger partial charge is 0.270 e. The quantitative estimate of drug-likeness (QED) is 0.278. The summed E-state index contributed by atoms with van der Waals surface area (Å²) in [5.74, 6) is -2.45. The van der Waals surface area contributed by atoms with Crippen LogP contribution in [0.4, 0.5) is 15.8 Å². The van der Waals surface area contributed by atoms with E-state index in [4.69, 9.17) is 23.8 Å². The lowest BCUT2D eigenvalue weighted by Crippen LogP contribution is -2.54. The highest BCUT2D eigenvalue weighted by Crippen LogP contribution is 2.25. The number of halogens is 2. The monoisotopic (exact) mass is 405 g/mol. The molecule has 2 aromatic rings. The fourth-order valence-corrected chi connectivity index (χ4v) is 2.80. The molecule has 0 saturated carbocycles. The summed E-state index contributed by atoms with van der Waals surface area (Å²) in [6.45, 7) is 0. The van der Waals surface area contributed by atoms with Crippen LogP contribution in [-0.4, -0.2) is 21.9 Å². The molecule has 2 amide bonds. The minimum absolute atomic E-state index is 0.149. The van der Waals surface area contributed by atoms with Gasteiger partial charge in [-0.05, 0) is 48.6 Å². The molecule has 1 fully saturated rings. The average Bonchev–Trinajstić information content (AvgIpc) is 2.61. The van der Waals surface area contributed by atoms with Gasteiger partial charge in [-0.3, -0.25) is 29.9 Å². The van der Waals surface area contributed by atoms with Gasteiger partial charge in [0.05, 0.1) is 10.6 Å². The Balaban J connectivity index is 2.06. The normalized spacial score (nSPS) is 15.9. The molecule has 1 aliphatic rings. The van der Waals surface area contributed by atoms with E-state index in [-0.39, 0.29) is 16.4 Å².